The molecule has 1 N–H and O–H groups in total. The van der Waals surface area contributed by atoms with Gasteiger partial charge in [-0.3, -0.25) is 4.79 Å². The van der Waals surface area contributed by atoms with E-state index in [0.717, 1.165) is 11.3 Å². The van der Waals surface area contributed by atoms with Crippen LogP contribution in [-0.4, -0.2) is 49.7 Å². The summed E-state index contributed by atoms with van der Waals surface area (Å²) in [6, 6.07) is 7.92. The van der Waals surface area contributed by atoms with E-state index in [2.05, 4.69) is 6.58 Å². The zero-order chi connectivity index (χ0) is 15.0. The number of rotatable bonds is 7. The molecule has 108 valence electrons. The Morgan fingerprint density at radius 1 is 1.30 bits per heavy atom. The molecule has 0 saturated heterocycles. The van der Waals surface area contributed by atoms with Gasteiger partial charge in [0.05, 0.1) is 6.61 Å². The summed E-state index contributed by atoms with van der Waals surface area (Å²) in [5.41, 5.74) is 2.08. The van der Waals surface area contributed by atoms with E-state index in [1.54, 1.807) is 12.2 Å². The van der Waals surface area contributed by atoms with Crippen LogP contribution in [0.2, 0.25) is 0 Å². The van der Waals surface area contributed by atoms with Crippen molar-refractivity contribution in [2.75, 3.05) is 38.7 Å². The fourth-order valence-electron chi connectivity index (χ4n) is 1.72. The molecule has 0 atom stereocenters. The molecule has 1 amide bonds. The minimum atomic E-state index is -0.129. The van der Waals surface area contributed by atoms with Gasteiger partial charge in [0.15, 0.2) is 0 Å². The maximum atomic E-state index is 11.9. The topological polar surface area (TPSA) is 43.8 Å². The SMILES string of the molecule is C=CCN(CCO)C(=O)/C=C/c1ccc(N(C)C)cc1. The van der Waals surface area contributed by atoms with Crippen molar-refractivity contribution in [1.29, 1.82) is 0 Å². The van der Waals surface area contributed by atoms with E-state index in [4.69, 9.17) is 5.11 Å². The molecular formula is C16H22N2O2. The van der Waals surface area contributed by atoms with E-state index < -0.39 is 0 Å². The Bertz CT molecular complexity index is 464. The van der Waals surface area contributed by atoms with Crippen LogP contribution >= 0.6 is 0 Å². The fourth-order valence-corrected chi connectivity index (χ4v) is 1.72. The monoisotopic (exact) mass is 274 g/mol. The van der Waals surface area contributed by atoms with Crippen LogP contribution in [-0.2, 0) is 4.79 Å². The number of nitrogens with zero attached hydrogens (tertiary/aromatic N) is 2. The summed E-state index contributed by atoms with van der Waals surface area (Å²) in [6.07, 6.45) is 4.94. The van der Waals surface area contributed by atoms with Crippen molar-refractivity contribution in [2.24, 2.45) is 0 Å². The van der Waals surface area contributed by atoms with Gasteiger partial charge in [0.2, 0.25) is 5.91 Å². The molecule has 1 aromatic rings. The van der Waals surface area contributed by atoms with E-state index >= 15 is 0 Å². The van der Waals surface area contributed by atoms with E-state index in [0.29, 0.717) is 13.1 Å². The number of aliphatic hydroxyl groups is 1. The highest BCUT2D eigenvalue weighted by molar-refractivity contribution is 5.91. The molecule has 0 heterocycles. The van der Waals surface area contributed by atoms with Gasteiger partial charge in [-0.05, 0) is 23.8 Å². The van der Waals surface area contributed by atoms with Crippen LogP contribution in [0.4, 0.5) is 5.69 Å². The Hall–Kier alpha value is -2.07. The molecule has 0 bridgehead atoms. The van der Waals surface area contributed by atoms with Crippen LogP contribution < -0.4 is 4.90 Å². The van der Waals surface area contributed by atoms with Gasteiger partial charge >= 0.3 is 0 Å². The number of aliphatic hydroxyl groups excluding tert-OH is 1. The first-order valence-electron chi connectivity index (χ1n) is 6.54. The zero-order valence-corrected chi connectivity index (χ0v) is 12.1. The standard InChI is InChI=1S/C16H22N2O2/c1-4-11-18(12-13-19)16(20)10-7-14-5-8-15(9-6-14)17(2)3/h4-10,19H,1,11-13H2,2-3H3/b10-7+. The summed E-state index contributed by atoms with van der Waals surface area (Å²) in [5, 5.41) is 8.92. The predicted molar refractivity (Wildman–Crippen MR) is 83.7 cm³/mol. The van der Waals surface area contributed by atoms with E-state index in [9.17, 15) is 4.79 Å². The summed E-state index contributed by atoms with van der Waals surface area (Å²) in [5.74, 6) is -0.129. The van der Waals surface area contributed by atoms with Crippen molar-refractivity contribution in [3.05, 3.63) is 48.6 Å². The molecule has 20 heavy (non-hydrogen) atoms. The first-order valence-corrected chi connectivity index (χ1v) is 6.54. The number of anilines is 1. The Labute approximate surface area is 120 Å². The van der Waals surface area contributed by atoms with Gasteiger partial charge in [-0.25, -0.2) is 0 Å². The summed E-state index contributed by atoms with van der Waals surface area (Å²) >= 11 is 0. The van der Waals surface area contributed by atoms with E-state index in [1.165, 1.54) is 11.0 Å². The Balaban J connectivity index is 2.70. The van der Waals surface area contributed by atoms with E-state index in [-0.39, 0.29) is 12.5 Å². The maximum absolute atomic E-state index is 11.9. The number of carbonyl (C=O) groups excluding carboxylic acids is 1. The van der Waals surface area contributed by atoms with Crippen LogP contribution in [0.5, 0.6) is 0 Å². The summed E-state index contributed by atoms with van der Waals surface area (Å²) in [4.78, 5) is 15.5. The molecule has 0 saturated carbocycles. The minimum absolute atomic E-state index is 0.0506. The fraction of sp³-hybridized carbons (Fsp3) is 0.312. The second-order valence-electron chi connectivity index (χ2n) is 4.62. The minimum Gasteiger partial charge on any atom is -0.395 e. The molecule has 0 unspecified atom stereocenters. The van der Waals surface area contributed by atoms with Crippen LogP contribution in [0, 0.1) is 0 Å². The lowest BCUT2D eigenvalue weighted by Crippen LogP contribution is -2.32. The van der Waals surface area contributed by atoms with Crippen LogP contribution in [0.25, 0.3) is 6.08 Å². The smallest absolute Gasteiger partial charge is 0.246 e. The maximum Gasteiger partial charge on any atom is 0.246 e. The second-order valence-corrected chi connectivity index (χ2v) is 4.62. The Morgan fingerprint density at radius 2 is 1.95 bits per heavy atom. The Morgan fingerprint density at radius 3 is 2.45 bits per heavy atom. The number of carbonyl (C=O) groups is 1. The molecule has 0 spiro atoms. The molecule has 4 heteroatoms. The van der Waals surface area contributed by atoms with Crippen molar-refractivity contribution < 1.29 is 9.90 Å². The highest BCUT2D eigenvalue weighted by Crippen LogP contribution is 2.13. The van der Waals surface area contributed by atoms with Gasteiger partial charge in [0, 0.05) is 38.9 Å². The molecule has 4 nitrogen and oxygen atoms in total. The number of amides is 1. The first-order chi connectivity index (χ1) is 9.58. The summed E-state index contributed by atoms with van der Waals surface area (Å²) in [7, 11) is 3.97. The number of hydrogen-bond acceptors (Lipinski definition) is 3. The quantitative estimate of drug-likeness (QED) is 0.609. The molecular weight excluding hydrogens is 252 g/mol. The molecule has 0 radical (unpaired) electrons. The normalized spacial score (nSPS) is 10.6. The predicted octanol–water partition coefficient (Wildman–Crippen LogP) is 1.77. The molecule has 0 fully saturated rings. The zero-order valence-electron chi connectivity index (χ0n) is 12.1. The van der Waals surface area contributed by atoms with Gasteiger partial charge in [0.1, 0.15) is 0 Å². The van der Waals surface area contributed by atoms with Crippen molar-refractivity contribution in [1.82, 2.24) is 4.90 Å². The summed E-state index contributed by atoms with van der Waals surface area (Å²) < 4.78 is 0. The highest BCUT2D eigenvalue weighted by Gasteiger charge is 2.07. The lowest BCUT2D eigenvalue weighted by molar-refractivity contribution is -0.125. The van der Waals surface area contributed by atoms with Crippen LogP contribution in [0.1, 0.15) is 5.56 Å². The summed E-state index contributed by atoms with van der Waals surface area (Å²) in [6.45, 7) is 4.30. The van der Waals surface area contributed by atoms with Gasteiger partial charge in [-0.15, -0.1) is 6.58 Å². The van der Waals surface area contributed by atoms with E-state index in [1.807, 2.05) is 43.3 Å². The van der Waals surface area contributed by atoms with Crippen molar-refractivity contribution in [3.63, 3.8) is 0 Å². The number of hydrogen-bond donors (Lipinski definition) is 1. The van der Waals surface area contributed by atoms with Gasteiger partial charge in [0.25, 0.3) is 0 Å². The van der Waals surface area contributed by atoms with Crippen LogP contribution in [0.15, 0.2) is 43.0 Å². The molecule has 1 aromatic carbocycles. The van der Waals surface area contributed by atoms with Gasteiger partial charge in [-0.1, -0.05) is 18.2 Å². The average molecular weight is 274 g/mol. The lowest BCUT2D eigenvalue weighted by Gasteiger charge is -2.17. The number of benzene rings is 1. The first kappa shape index (κ1) is 16.0. The average Bonchev–Trinajstić information content (AvgIpc) is 2.45. The van der Waals surface area contributed by atoms with Gasteiger partial charge < -0.3 is 14.9 Å². The molecule has 0 aliphatic heterocycles. The third-order valence-corrected chi connectivity index (χ3v) is 2.86. The molecule has 0 aliphatic carbocycles. The molecule has 0 aliphatic rings. The largest absolute Gasteiger partial charge is 0.395 e. The third-order valence-electron chi connectivity index (χ3n) is 2.86. The highest BCUT2D eigenvalue weighted by atomic mass is 16.3. The molecule has 0 aromatic heterocycles. The second kappa shape index (κ2) is 8.17. The molecule has 1 rings (SSSR count). The van der Waals surface area contributed by atoms with Gasteiger partial charge in [-0.2, -0.15) is 0 Å². The van der Waals surface area contributed by atoms with Crippen molar-refractivity contribution in [2.45, 2.75) is 0 Å². The van der Waals surface area contributed by atoms with Crippen molar-refractivity contribution in [3.8, 4) is 0 Å². The third kappa shape index (κ3) is 4.90. The van der Waals surface area contributed by atoms with Crippen LogP contribution in [0.3, 0.4) is 0 Å². The van der Waals surface area contributed by atoms with Crippen molar-refractivity contribution >= 4 is 17.7 Å². The Kier molecular flexibility index (Phi) is 6.53. The lowest BCUT2D eigenvalue weighted by atomic mass is 10.2.